The second-order valence-electron chi connectivity index (χ2n) is 7.49. The van der Waals surface area contributed by atoms with E-state index < -0.39 is 0 Å². The van der Waals surface area contributed by atoms with Crippen molar-refractivity contribution >= 4 is 16.8 Å². The predicted molar refractivity (Wildman–Crippen MR) is 102 cm³/mol. The first-order chi connectivity index (χ1) is 12.3. The van der Waals surface area contributed by atoms with Gasteiger partial charge in [-0.3, -0.25) is 9.69 Å². The predicted octanol–water partition coefficient (Wildman–Crippen LogP) is 3.58. The van der Waals surface area contributed by atoms with E-state index in [0.717, 1.165) is 31.4 Å². The van der Waals surface area contributed by atoms with Crippen LogP contribution < -0.4 is 0 Å². The van der Waals surface area contributed by atoms with Crippen LogP contribution in [0.2, 0.25) is 0 Å². The van der Waals surface area contributed by atoms with Crippen molar-refractivity contribution in [1.82, 2.24) is 14.8 Å². The van der Waals surface area contributed by atoms with Gasteiger partial charge in [0.15, 0.2) is 0 Å². The number of likely N-dealkylation sites (N-methyl/N-ethyl adjacent to an activating group) is 1. The van der Waals surface area contributed by atoms with Crippen molar-refractivity contribution in [3.05, 3.63) is 36.0 Å². The number of nitrogens with one attached hydrogen (secondary N) is 1. The van der Waals surface area contributed by atoms with Gasteiger partial charge in [-0.25, -0.2) is 0 Å². The third kappa shape index (κ3) is 3.20. The number of rotatable bonds is 5. The molecule has 2 aliphatic rings. The fraction of sp³-hybridized carbons (Fsp3) is 0.571. The van der Waals surface area contributed by atoms with Crippen molar-refractivity contribution < 1.29 is 4.79 Å². The molecule has 2 aliphatic heterocycles. The molecule has 0 radical (unpaired) electrons. The molecule has 4 nitrogen and oxygen atoms in total. The van der Waals surface area contributed by atoms with E-state index in [1.54, 1.807) is 0 Å². The van der Waals surface area contributed by atoms with Gasteiger partial charge in [0.25, 0.3) is 0 Å². The van der Waals surface area contributed by atoms with E-state index in [-0.39, 0.29) is 0 Å². The molecule has 1 N–H and O–H groups in total. The maximum absolute atomic E-state index is 12.9. The van der Waals surface area contributed by atoms with E-state index >= 15 is 0 Å². The zero-order chi connectivity index (χ0) is 17.2. The van der Waals surface area contributed by atoms with Crippen molar-refractivity contribution in [2.24, 2.45) is 0 Å². The highest BCUT2D eigenvalue weighted by molar-refractivity contribution is 5.84. The van der Waals surface area contributed by atoms with E-state index in [9.17, 15) is 4.79 Å². The third-order valence-corrected chi connectivity index (χ3v) is 6.17. The van der Waals surface area contributed by atoms with Crippen molar-refractivity contribution in [3.8, 4) is 0 Å². The lowest BCUT2D eigenvalue weighted by Crippen LogP contribution is -2.48. The summed E-state index contributed by atoms with van der Waals surface area (Å²) in [4.78, 5) is 21.0. The van der Waals surface area contributed by atoms with Gasteiger partial charge in [0.05, 0.1) is 0 Å². The average Bonchev–Trinajstić information content (AvgIpc) is 3.37. The summed E-state index contributed by atoms with van der Waals surface area (Å²) < 4.78 is 0. The summed E-state index contributed by atoms with van der Waals surface area (Å²) in [5, 5.41) is 1.25. The number of carbonyl (C=O) groups is 1. The molecule has 1 aromatic carbocycles. The van der Waals surface area contributed by atoms with E-state index in [0.29, 0.717) is 24.4 Å². The zero-order valence-corrected chi connectivity index (χ0v) is 15.2. The van der Waals surface area contributed by atoms with E-state index in [1.807, 2.05) is 6.07 Å². The van der Waals surface area contributed by atoms with Gasteiger partial charge in [0.2, 0.25) is 5.91 Å². The van der Waals surface area contributed by atoms with E-state index in [1.165, 1.54) is 36.8 Å². The summed E-state index contributed by atoms with van der Waals surface area (Å²) in [6.07, 6.45) is 8.40. The molecule has 2 saturated heterocycles. The summed E-state index contributed by atoms with van der Waals surface area (Å²) >= 11 is 0. The number of fused-ring (bicyclic) bond motifs is 1. The molecule has 1 amide bonds. The Morgan fingerprint density at radius 2 is 1.96 bits per heavy atom. The van der Waals surface area contributed by atoms with Crippen LogP contribution in [0.1, 0.15) is 44.6 Å². The molecule has 25 heavy (non-hydrogen) atoms. The fourth-order valence-electron chi connectivity index (χ4n) is 4.91. The van der Waals surface area contributed by atoms with Gasteiger partial charge < -0.3 is 9.88 Å². The van der Waals surface area contributed by atoms with Crippen molar-refractivity contribution in [2.75, 3.05) is 19.6 Å². The Hall–Kier alpha value is -1.81. The van der Waals surface area contributed by atoms with Crippen LogP contribution >= 0.6 is 0 Å². The van der Waals surface area contributed by atoms with E-state index in [4.69, 9.17) is 0 Å². The van der Waals surface area contributed by atoms with Crippen LogP contribution in [0.3, 0.4) is 0 Å². The molecule has 2 fully saturated rings. The average molecular weight is 339 g/mol. The van der Waals surface area contributed by atoms with Crippen LogP contribution in [0, 0.1) is 0 Å². The number of likely N-dealkylation sites (tertiary alicyclic amines) is 2. The number of carbonyl (C=O) groups excluding carboxylic acids is 1. The molecule has 0 bridgehead atoms. The van der Waals surface area contributed by atoms with Gasteiger partial charge in [-0.05, 0) is 56.8 Å². The number of para-hydroxylation sites is 1. The number of nitrogens with zero attached hydrogens (tertiary/aromatic N) is 2. The Labute approximate surface area is 150 Å². The lowest BCUT2D eigenvalue weighted by atomic mass is 10.0. The first-order valence-electron chi connectivity index (χ1n) is 9.86. The van der Waals surface area contributed by atoms with Crippen molar-refractivity contribution in [2.45, 2.75) is 57.5 Å². The summed E-state index contributed by atoms with van der Waals surface area (Å²) in [7, 11) is 0. The molecule has 3 heterocycles. The van der Waals surface area contributed by atoms with Gasteiger partial charge in [-0.1, -0.05) is 25.1 Å². The maximum atomic E-state index is 12.9. The molecule has 0 saturated carbocycles. The Balaban J connectivity index is 1.42. The molecule has 4 rings (SSSR count). The molecular formula is C21H29N3O. The highest BCUT2D eigenvalue weighted by Crippen LogP contribution is 2.30. The number of hydrogen-bond donors (Lipinski definition) is 1. The number of amides is 1. The smallest absolute Gasteiger partial charge is 0.223 e. The molecule has 0 unspecified atom stereocenters. The normalized spacial score (nSPS) is 24.4. The van der Waals surface area contributed by atoms with Gasteiger partial charge in [0, 0.05) is 42.1 Å². The standard InChI is InChI=1S/C21H29N3O/c1-2-23-13-5-9-19(23)20-10-6-14-24(20)21(25)12-11-16-15-22-18-8-4-3-7-17(16)18/h3-4,7-8,15,19-20,22H,2,5-6,9-14H2,1H3/t19-,20+/m1/s1. The van der Waals surface area contributed by atoms with Crippen molar-refractivity contribution in [1.29, 1.82) is 0 Å². The SMILES string of the molecule is CCN1CCC[C@@H]1[C@@H]1CCCN1C(=O)CCc1c[nH]c2ccccc12. The number of benzene rings is 1. The second-order valence-corrected chi connectivity index (χ2v) is 7.49. The Kier molecular flexibility index (Phi) is 4.80. The largest absolute Gasteiger partial charge is 0.361 e. The van der Waals surface area contributed by atoms with Gasteiger partial charge in [0.1, 0.15) is 0 Å². The number of H-pyrrole nitrogens is 1. The number of aromatic amines is 1. The Bertz CT molecular complexity index is 738. The molecule has 2 atom stereocenters. The van der Waals surface area contributed by atoms with Crippen LogP contribution in [0.5, 0.6) is 0 Å². The third-order valence-electron chi connectivity index (χ3n) is 6.17. The minimum absolute atomic E-state index is 0.343. The zero-order valence-electron chi connectivity index (χ0n) is 15.2. The molecule has 1 aromatic heterocycles. The maximum Gasteiger partial charge on any atom is 0.223 e. The van der Waals surface area contributed by atoms with Crippen LogP contribution in [0.4, 0.5) is 0 Å². The summed E-state index contributed by atoms with van der Waals surface area (Å²) in [5.41, 5.74) is 2.42. The summed E-state index contributed by atoms with van der Waals surface area (Å²) in [5.74, 6) is 0.343. The lowest BCUT2D eigenvalue weighted by molar-refractivity contribution is -0.133. The summed E-state index contributed by atoms with van der Waals surface area (Å²) in [6, 6.07) is 9.38. The molecule has 134 valence electrons. The molecule has 4 heteroatoms. The number of aromatic nitrogens is 1. The monoisotopic (exact) mass is 339 g/mol. The molecular weight excluding hydrogens is 310 g/mol. The number of hydrogen-bond acceptors (Lipinski definition) is 2. The Morgan fingerprint density at radius 3 is 2.84 bits per heavy atom. The van der Waals surface area contributed by atoms with Crippen LogP contribution in [-0.4, -0.2) is 52.4 Å². The fourth-order valence-corrected chi connectivity index (χ4v) is 4.91. The minimum Gasteiger partial charge on any atom is -0.361 e. The van der Waals surface area contributed by atoms with Gasteiger partial charge in [-0.2, -0.15) is 0 Å². The minimum atomic E-state index is 0.343. The molecule has 0 aliphatic carbocycles. The van der Waals surface area contributed by atoms with Gasteiger partial charge in [-0.15, -0.1) is 0 Å². The van der Waals surface area contributed by atoms with Crippen LogP contribution in [-0.2, 0) is 11.2 Å². The first kappa shape index (κ1) is 16.6. The second kappa shape index (κ2) is 7.20. The first-order valence-corrected chi connectivity index (χ1v) is 9.86. The molecule has 0 spiro atoms. The quantitative estimate of drug-likeness (QED) is 0.904. The highest BCUT2D eigenvalue weighted by atomic mass is 16.2. The lowest BCUT2D eigenvalue weighted by Gasteiger charge is -2.34. The van der Waals surface area contributed by atoms with Crippen LogP contribution in [0.15, 0.2) is 30.5 Å². The topological polar surface area (TPSA) is 39.3 Å². The highest BCUT2D eigenvalue weighted by Gasteiger charge is 2.38. The van der Waals surface area contributed by atoms with Gasteiger partial charge >= 0.3 is 0 Å². The Morgan fingerprint density at radius 1 is 1.16 bits per heavy atom. The van der Waals surface area contributed by atoms with E-state index in [2.05, 4.69) is 46.1 Å². The summed E-state index contributed by atoms with van der Waals surface area (Å²) in [6.45, 7) is 5.51. The van der Waals surface area contributed by atoms with Crippen LogP contribution in [0.25, 0.3) is 10.9 Å². The number of aryl methyl sites for hydroxylation is 1. The molecule has 2 aromatic rings. The van der Waals surface area contributed by atoms with Crippen molar-refractivity contribution in [3.63, 3.8) is 0 Å².